The number of rotatable bonds is 6. The van der Waals surface area contributed by atoms with E-state index in [2.05, 4.69) is 0 Å². The lowest BCUT2D eigenvalue weighted by molar-refractivity contribution is 0.0993. The average Bonchev–Trinajstić information content (AvgIpc) is 2.37. The van der Waals surface area contributed by atoms with Gasteiger partial charge in [0.25, 0.3) is 0 Å². The van der Waals surface area contributed by atoms with Crippen molar-refractivity contribution in [2.75, 3.05) is 13.7 Å². The lowest BCUT2D eigenvalue weighted by atomic mass is 10.1. The van der Waals surface area contributed by atoms with Crippen LogP contribution in [-0.2, 0) is 0 Å². The van der Waals surface area contributed by atoms with Crippen LogP contribution in [0, 0.1) is 0 Å². The number of Topliss-reactive ketones (excluding diaryl/α,β-unsaturated/α-hetero) is 1. The Labute approximate surface area is 106 Å². The van der Waals surface area contributed by atoms with Crippen molar-refractivity contribution in [3.63, 3.8) is 0 Å². The highest BCUT2D eigenvalue weighted by atomic mass is 32.2. The number of aliphatic hydroxyl groups excluding tert-OH is 1. The van der Waals surface area contributed by atoms with Gasteiger partial charge in [0.15, 0.2) is 5.78 Å². The van der Waals surface area contributed by atoms with Crippen molar-refractivity contribution in [2.24, 2.45) is 0 Å². The number of methoxy groups -OCH3 is 1. The van der Waals surface area contributed by atoms with E-state index in [0.29, 0.717) is 5.56 Å². The standard InChI is InChI=1S/C13H18O3S/c1-9(8-14)17-10(2)13(15)11-4-6-12(16-3)7-5-11/h4-7,9-10,14H,8H2,1-3H3. The summed E-state index contributed by atoms with van der Waals surface area (Å²) in [6.07, 6.45) is 0. The van der Waals surface area contributed by atoms with Gasteiger partial charge < -0.3 is 9.84 Å². The number of thioether (sulfide) groups is 1. The maximum Gasteiger partial charge on any atom is 0.175 e. The van der Waals surface area contributed by atoms with Gasteiger partial charge in [-0.2, -0.15) is 0 Å². The summed E-state index contributed by atoms with van der Waals surface area (Å²) in [5.74, 6) is 0.823. The lowest BCUT2D eigenvalue weighted by Gasteiger charge is -2.14. The molecule has 0 aliphatic heterocycles. The molecule has 0 heterocycles. The molecule has 1 aromatic rings. The van der Waals surface area contributed by atoms with E-state index in [1.54, 1.807) is 31.4 Å². The van der Waals surface area contributed by atoms with Crippen LogP contribution in [0.3, 0.4) is 0 Å². The van der Waals surface area contributed by atoms with Crippen LogP contribution >= 0.6 is 11.8 Å². The molecular formula is C13H18O3S. The van der Waals surface area contributed by atoms with Gasteiger partial charge in [-0.25, -0.2) is 0 Å². The van der Waals surface area contributed by atoms with E-state index in [4.69, 9.17) is 9.84 Å². The van der Waals surface area contributed by atoms with Crippen LogP contribution in [0.15, 0.2) is 24.3 Å². The Morgan fingerprint density at radius 2 is 1.94 bits per heavy atom. The first kappa shape index (κ1) is 14.1. The minimum Gasteiger partial charge on any atom is -0.497 e. The third kappa shape index (κ3) is 4.06. The summed E-state index contributed by atoms with van der Waals surface area (Å²) in [4.78, 5) is 12.1. The highest BCUT2D eigenvalue weighted by Gasteiger charge is 2.18. The molecular weight excluding hydrogens is 236 g/mol. The molecule has 3 nitrogen and oxygen atoms in total. The van der Waals surface area contributed by atoms with Crippen LogP contribution in [0.5, 0.6) is 5.75 Å². The number of hydrogen-bond donors (Lipinski definition) is 1. The molecule has 0 saturated carbocycles. The van der Waals surface area contributed by atoms with Gasteiger partial charge in [-0.05, 0) is 31.2 Å². The fourth-order valence-electron chi connectivity index (χ4n) is 1.44. The van der Waals surface area contributed by atoms with Gasteiger partial charge in [-0.1, -0.05) is 6.92 Å². The number of carbonyl (C=O) groups is 1. The first-order valence-corrected chi connectivity index (χ1v) is 6.47. The summed E-state index contributed by atoms with van der Waals surface area (Å²) in [6.45, 7) is 3.86. The minimum absolute atomic E-state index is 0.0761. The monoisotopic (exact) mass is 254 g/mol. The maximum absolute atomic E-state index is 12.1. The largest absolute Gasteiger partial charge is 0.497 e. The molecule has 0 radical (unpaired) electrons. The summed E-state index contributed by atoms with van der Waals surface area (Å²) in [7, 11) is 1.60. The first-order valence-electron chi connectivity index (χ1n) is 5.53. The number of aliphatic hydroxyl groups is 1. The summed E-state index contributed by atoms with van der Waals surface area (Å²) in [6, 6.07) is 7.09. The second-order valence-corrected chi connectivity index (χ2v) is 5.65. The zero-order chi connectivity index (χ0) is 12.8. The highest BCUT2D eigenvalue weighted by Crippen LogP contribution is 2.22. The van der Waals surface area contributed by atoms with Crippen LogP contribution in [0.2, 0.25) is 0 Å². The van der Waals surface area contributed by atoms with E-state index >= 15 is 0 Å². The quantitative estimate of drug-likeness (QED) is 0.792. The van der Waals surface area contributed by atoms with Gasteiger partial charge in [-0.15, -0.1) is 11.8 Å². The zero-order valence-corrected chi connectivity index (χ0v) is 11.2. The first-order chi connectivity index (χ1) is 8.08. The van der Waals surface area contributed by atoms with Gasteiger partial charge in [-0.3, -0.25) is 4.79 Å². The van der Waals surface area contributed by atoms with Crippen molar-refractivity contribution in [1.29, 1.82) is 0 Å². The molecule has 1 rings (SSSR count). The van der Waals surface area contributed by atoms with Crippen LogP contribution in [0.4, 0.5) is 0 Å². The molecule has 1 N–H and O–H groups in total. The third-order valence-corrected chi connectivity index (χ3v) is 3.67. The molecule has 2 atom stereocenters. The van der Waals surface area contributed by atoms with E-state index in [9.17, 15) is 4.79 Å². The Morgan fingerprint density at radius 1 is 1.35 bits per heavy atom. The molecule has 0 aromatic heterocycles. The van der Waals surface area contributed by atoms with Gasteiger partial charge in [0.1, 0.15) is 5.75 Å². The molecule has 0 amide bonds. The number of hydrogen-bond acceptors (Lipinski definition) is 4. The van der Waals surface area contributed by atoms with Crippen molar-refractivity contribution in [1.82, 2.24) is 0 Å². The molecule has 4 heteroatoms. The predicted octanol–water partition coefficient (Wildman–Crippen LogP) is 2.38. The van der Waals surface area contributed by atoms with Gasteiger partial charge in [0.05, 0.1) is 19.0 Å². The molecule has 1 aromatic carbocycles. The number of carbonyl (C=O) groups excluding carboxylic acids is 1. The fourth-order valence-corrected chi connectivity index (χ4v) is 2.49. The molecule has 0 fully saturated rings. The Bertz CT molecular complexity index is 361. The van der Waals surface area contributed by atoms with Crippen LogP contribution < -0.4 is 4.74 Å². The molecule has 94 valence electrons. The normalized spacial score (nSPS) is 14.1. The lowest BCUT2D eigenvalue weighted by Crippen LogP contribution is -2.18. The molecule has 0 spiro atoms. The number of ether oxygens (including phenoxy) is 1. The highest BCUT2D eigenvalue weighted by molar-refractivity contribution is 8.01. The fraction of sp³-hybridized carbons (Fsp3) is 0.462. The zero-order valence-electron chi connectivity index (χ0n) is 10.3. The minimum atomic E-state index is -0.148. The van der Waals surface area contributed by atoms with E-state index in [-0.39, 0.29) is 22.9 Å². The Balaban J connectivity index is 2.67. The van der Waals surface area contributed by atoms with Crippen molar-refractivity contribution in [3.05, 3.63) is 29.8 Å². The maximum atomic E-state index is 12.1. The summed E-state index contributed by atoms with van der Waals surface area (Å²) >= 11 is 1.48. The Hall–Kier alpha value is -1.00. The summed E-state index contributed by atoms with van der Waals surface area (Å²) < 4.78 is 5.04. The van der Waals surface area contributed by atoms with E-state index in [1.165, 1.54) is 11.8 Å². The number of ketones is 1. The van der Waals surface area contributed by atoms with Crippen LogP contribution in [0.1, 0.15) is 24.2 Å². The van der Waals surface area contributed by atoms with Crippen molar-refractivity contribution < 1.29 is 14.6 Å². The van der Waals surface area contributed by atoms with Crippen molar-refractivity contribution in [2.45, 2.75) is 24.3 Å². The summed E-state index contributed by atoms with van der Waals surface area (Å²) in [5, 5.41) is 8.88. The summed E-state index contributed by atoms with van der Waals surface area (Å²) in [5.41, 5.74) is 0.677. The van der Waals surface area contributed by atoms with Gasteiger partial charge in [0, 0.05) is 10.8 Å². The topological polar surface area (TPSA) is 46.5 Å². The Morgan fingerprint density at radius 3 is 2.41 bits per heavy atom. The molecule has 2 unspecified atom stereocenters. The molecule has 0 bridgehead atoms. The molecule has 0 aliphatic carbocycles. The van der Waals surface area contributed by atoms with Crippen molar-refractivity contribution in [3.8, 4) is 5.75 Å². The SMILES string of the molecule is COc1ccc(C(=O)C(C)SC(C)CO)cc1. The average molecular weight is 254 g/mol. The predicted molar refractivity (Wildman–Crippen MR) is 70.9 cm³/mol. The van der Waals surface area contributed by atoms with Crippen LogP contribution in [-0.4, -0.2) is 35.1 Å². The van der Waals surface area contributed by atoms with Gasteiger partial charge in [0.2, 0.25) is 0 Å². The molecule has 17 heavy (non-hydrogen) atoms. The number of benzene rings is 1. The van der Waals surface area contributed by atoms with E-state index < -0.39 is 0 Å². The third-order valence-electron chi connectivity index (χ3n) is 2.44. The van der Waals surface area contributed by atoms with E-state index in [1.807, 2.05) is 13.8 Å². The second kappa shape index (κ2) is 6.67. The molecule has 0 saturated heterocycles. The molecule has 0 aliphatic rings. The van der Waals surface area contributed by atoms with E-state index in [0.717, 1.165) is 5.75 Å². The smallest absolute Gasteiger partial charge is 0.175 e. The van der Waals surface area contributed by atoms with Crippen LogP contribution in [0.25, 0.3) is 0 Å². The second-order valence-electron chi connectivity index (χ2n) is 3.86. The van der Waals surface area contributed by atoms with Crippen molar-refractivity contribution >= 4 is 17.5 Å². The Kier molecular flexibility index (Phi) is 5.51. The van der Waals surface area contributed by atoms with Gasteiger partial charge >= 0.3 is 0 Å².